The molecule has 28 heavy (non-hydrogen) atoms. The van der Waals surface area contributed by atoms with Crippen LogP contribution in [0.4, 0.5) is 0 Å². The smallest absolute Gasteiger partial charge is 0.252 e. The fourth-order valence-electron chi connectivity index (χ4n) is 3.02. The fourth-order valence-corrected chi connectivity index (χ4v) is 3.15. The number of amides is 1. The van der Waals surface area contributed by atoms with Crippen LogP contribution in [0.5, 0.6) is 0 Å². The summed E-state index contributed by atoms with van der Waals surface area (Å²) < 4.78 is 0. The second kappa shape index (κ2) is 9.38. The van der Waals surface area contributed by atoms with Gasteiger partial charge in [0.2, 0.25) is 0 Å². The lowest BCUT2D eigenvalue weighted by atomic mass is 9.96. The molecule has 3 heteroatoms. The van der Waals surface area contributed by atoms with E-state index in [4.69, 9.17) is 11.6 Å². The maximum Gasteiger partial charge on any atom is 0.252 e. The molecule has 0 fully saturated rings. The first-order chi connectivity index (χ1) is 13.5. The van der Waals surface area contributed by atoms with Crippen LogP contribution in [0.25, 0.3) is 17.2 Å². The molecule has 0 aromatic heterocycles. The maximum absolute atomic E-state index is 12.8. The Morgan fingerprint density at radius 2 is 1.71 bits per heavy atom. The van der Waals surface area contributed by atoms with E-state index in [0.29, 0.717) is 10.6 Å². The minimum Gasteiger partial charge on any atom is -0.350 e. The second-order valence-electron chi connectivity index (χ2n) is 7.03. The number of hydrogen-bond acceptors (Lipinski definition) is 1. The summed E-state index contributed by atoms with van der Waals surface area (Å²) in [4.78, 5) is 12.8. The van der Waals surface area contributed by atoms with Crippen molar-refractivity contribution in [3.8, 4) is 11.1 Å². The average Bonchev–Trinajstić information content (AvgIpc) is 2.69. The standard InChI is InChI=1S/C25H24ClNO/c1-18(2)27-25(28)24-17-20(10-6-9-19-7-4-3-5-8-19)11-16-23(24)21-12-14-22(26)15-13-21/h3-8,10-18H,9H2,1-2H3,(H,27,28)/b10-6+. The molecule has 0 saturated heterocycles. The number of halogens is 1. The van der Waals surface area contributed by atoms with Crippen LogP contribution in [0.2, 0.25) is 5.02 Å². The Balaban J connectivity index is 1.90. The van der Waals surface area contributed by atoms with E-state index in [1.54, 1.807) is 0 Å². The molecule has 1 N–H and O–H groups in total. The van der Waals surface area contributed by atoms with Crippen LogP contribution in [0.1, 0.15) is 35.3 Å². The summed E-state index contributed by atoms with van der Waals surface area (Å²) in [6.07, 6.45) is 5.04. The molecule has 0 spiro atoms. The first kappa shape index (κ1) is 19.9. The van der Waals surface area contributed by atoms with Gasteiger partial charge in [-0.2, -0.15) is 0 Å². The van der Waals surface area contributed by atoms with Crippen molar-refractivity contribution in [2.24, 2.45) is 0 Å². The fraction of sp³-hybridized carbons (Fsp3) is 0.160. The van der Waals surface area contributed by atoms with E-state index in [1.807, 2.05) is 74.5 Å². The van der Waals surface area contributed by atoms with E-state index < -0.39 is 0 Å². The first-order valence-corrected chi connectivity index (χ1v) is 9.82. The molecule has 2 nitrogen and oxygen atoms in total. The predicted molar refractivity (Wildman–Crippen MR) is 119 cm³/mol. The second-order valence-corrected chi connectivity index (χ2v) is 7.47. The maximum atomic E-state index is 12.8. The number of nitrogens with one attached hydrogen (secondary N) is 1. The number of carbonyl (C=O) groups is 1. The third-order valence-corrected chi connectivity index (χ3v) is 4.62. The monoisotopic (exact) mass is 389 g/mol. The van der Waals surface area contributed by atoms with Crippen LogP contribution in [0, 0.1) is 0 Å². The molecule has 0 heterocycles. The summed E-state index contributed by atoms with van der Waals surface area (Å²) in [5.41, 5.74) is 4.79. The molecule has 0 aliphatic rings. The van der Waals surface area contributed by atoms with E-state index >= 15 is 0 Å². The van der Waals surface area contributed by atoms with Crippen molar-refractivity contribution in [2.75, 3.05) is 0 Å². The van der Waals surface area contributed by atoms with E-state index in [1.165, 1.54) is 5.56 Å². The quantitative estimate of drug-likeness (QED) is 0.519. The van der Waals surface area contributed by atoms with Gasteiger partial charge in [0, 0.05) is 16.6 Å². The van der Waals surface area contributed by atoms with Crippen LogP contribution in [-0.4, -0.2) is 11.9 Å². The van der Waals surface area contributed by atoms with Gasteiger partial charge in [-0.05, 0) is 60.7 Å². The van der Waals surface area contributed by atoms with Crippen molar-refractivity contribution in [3.05, 3.63) is 101 Å². The Morgan fingerprint density at radius 1 is 1.00 bits per heavy atom. The molecule has 0 atom stereocenters. The van der Waals surface area contributed by atoms with Crippen molar-refractivity contribution in [3.63, 3.8) is 0 Å². The summed E-state index contributed by atoms with van der Waals surface area (Å²) in [7, 11) is 0. The van der Waals surface area contributed by atoms with Crippen LogP contribution in [-0.2, 0) is 6.42 Å². The Kier molecular flexibility index (Phi) is 6.67. The number of hydrogen-bond donors (Lipinski definition) is 1. The van der Waals surface area contributed by atoms with Crippen molar-refractivity contribution in [1.82, 2.24) is 5.32 Å². The van der Waals surface area contributed by atoms with Crippen molar-refractivity contribution in [2.45, 2.75) is 26.3 Å². The van der Waals surface area contributed by atoms with E-state index in [2.05, 4.69) is 29.6 Å². The lowest BCUT2D eigenvalue weighted by Gasteiger charge is -2.14. The minimum absolute atomic E-state index is 0.0711. The number of rotatable bonds is 6. The largest absolute Gasteiger partial charge is 0.350 e. The topological polar surface area (TPSA) is 29.1 Å². The predicted octanol–water partition coefficient (Wildman–Crippen LogP) is 6.40. The zero-order valence-electron chi connectivity index (χ0n) is 16.2. The molecule has 0 radical (unpaired) electrons. The van der Waals surface area contributed by atoms with Gasteiger partial charge in [0.1, 0.15) is 0 Å². The van der Waals surface area contributed by atoms with Crippen LogP contribution in [0.15, 0.2) is 78.9 Å². The van der Waals surface area contributed by atoms with Gasteiger partial charge >= 0.3 is 0 Å². The summed E-state index contributed by atoms with van der Waals surface area (Å²) in [6, 6.07) is 23.9. The molecule has 142 valence electrons. The van der Waals surface area contributed by atoms with E-state index in [0.717, 1.165) is 23.1 Å². The van der Waals surface area contributed by atoms with E-state index in [-0.39, 0.29) is 11.9 Å². The molecular weight excluding hydrogens is 366 g/mol. The van der Waals surface area contributed by atoms with Crippen molar-refractivity contribution in [1.29, 1.82) is 0 Å². The lowest BCUT2D eigenvalue weighted by molar-refractivity contribution is 0.0943. The van der Waals surface area contributed by atoms with Gasteiger partial charge in [-0.15, -0.1) is 0 Å². The number of allylic oxidation sites excluding steroid dienone is 1. The number of benzene rings is 3. The zero-order chi connectivity index (χ0) is 19.9. The molecule has 0 unspecified atom stereocenters. The van der Waals surface area contributed by atoms with Crippen molar-refractivity contribution < 1.29 is 4.79 Å². The van der Waals surface area contributed by atoms with Gasteiger partial charge in [0.05, 0.1) is 0 Å². The van der Waals surface area contributed by atoms with Gasteiger partial charge < -0.3 is 5.32 Å². The molecule has 3 rings (SSSR count). The van der Waals surface area contributed by atoms with Gasteiger partial charge in [0.25, 0.3) is 5.91 Å². The Bertz CT molecular complexity index is 960. The summed E-state index contributed by atoms with van der Waals surface area (Å²) in [6.45, 7) is 3.92. The summed E-state index contributed by atoms with van der Waals surface area (Å²) >= 11 is 6.01. The zero-order valence-corrected chi connectivity index (χ0v) is 16.9. The van der Waals surface area contributed by atoms with Gasteiger partial charge in [-0.25, -0.2) is 0 Å². The minimum atomic E-state index is -0.0711. The van der Waals surface area contributed by atoms with E-state index in [9.17, 15) is 4.79 Å². The van der Waals surface area contributed by atoms with Gasteiger partial charge in [0.15, 0.2) is 0 Å². The third kappa shape index (κ3) is 5.34. The highest BCUT2D eigenvalue weighted by atomic mass is 35.5. The Morgan fingerprint density at radius 3 is 2.39 bits per heavy atom. The Hall–Kier alpha value is -2.84. The van der Waals surface area contributed by atoms with Gasteiger partial charge in [-0.1, -0.05) is 78.4 Å². The SMILES string of the molecule is CC(C)NC(=O)c1cc(/C=C/Cc2ccccc2)ccc1-c1ccc(Cl)cc1. The average molecular weight is 390 g/mol. The van der Waals surface area contributed by atoms with Crippen LogP contribution >= 0.6 is 11.6 Å². The molecule has 3 aromatic carbocycles. The summed E-state index contributed by atoms with van der Waals surface area (Å²) in [5.74, 6) is -0.0711. The number of carbonyl (C=O) groups excluding carboxylic acids is 1. The highest BCUT2D eigenvalue weighted by molar-refractivity contribution is 6.30. The highest BCUT2D eigenvalue weighted by Crippen LogP contribution is 2.27. The lowest BCUT2D eigenvalue weighted by Crippen LogP contribution is -2.30. The van der Waals surface area contributed by atoms with Crippen LogP contribution < -0.4 is 5.32 Å². The summed E-state index contributed by atoms with van der Waals surface area (Å²) in [5, 5.41) is 3.68. The molecule has 0 bridgehead atoms. The molecular formula is C25H24ClNO. The molecule has 1 amide bonds. The molecule has 0 aliphatic carbocycles. The van der Waals surface area contributed by atoms with Gasteiger partial charge in [-0.3, -0.25) is 4.79 Å². The van der Waals surface area contributed by atoms with Crippen molar-refractivity contribution >= 4 is 23.6 Å². The third-order valence-electron chi connectivity index (χ3n) is 4.37. The van der Waals surface area contributed by atoms with Crippen LogP contribution in [0.3, 0.4) is 0 Å². The molecule has 3 aromatic rings. The molecule has 0 aliphatic heterocycles. The molecule has 0 saturated carbocycles. The first-order valence-electron chi connectivity index (χ1n) is 9.44. The Labute approximate surface area is 171 Å². The highest BCUT2D eigenvalue weighted by Gasteiger charge is 2.14. The normalized spacial score (nSPS) is 11.1.